The summed E-state index contributed by atoms with van der Waals surface area (Å²) in [6.45, 7) is 13.9. The van der Waals surface area contributed by atoms with Gasteiger partial charge in [0, 0.05) is 31.5 Å². The second kappa shape index (κ2) is 12.0. The van der Waals surface area contributed by atoms with Gasteiger partial charge < -0.3 is 18.9 Å². The molecule has 0 amide bonds. The zero-order valence-electron chi connectivity index (χ0n) is 19.4. The number of rotatable bonds is 13. The fourth-order valence-corrected chi connectivity index (χ4v) is 3.52. The Bertz CT molecular complexity index is 664. The molecule has 2 aromatic carbocycles. The molecule has 0 saturated carbocycles. The first-order valence-electron chi connectivity index (χ1n) is 11.3. The van der Waals surface area contributed by atoms with E-state index >= 15 is 0 Å². The Kier molecular flexibility index (Phi) is 9.67. The largest absolute Gasteiger partial charge is 0.465 e. The summed E-state index contributed by atoms with van der Waals surface area (Å²) in [6.07, 6.45) is 2.22. The highest BCUT2D eigenvalue weighted by molar-refractivity contribution is 5.42. The third kappa shape index (κ3) is 6.23. The van der Waals surface area contributed by atoms with E-state index in [1.807, 2.05) is 38.1 Å². The smallest absolute Gasteiger partial charge is 0.199 e. The van der Waals surface area contributed by atoms with Gasteiger partial charge in [0.05, 0.1) is 0 Å². The molecule has 2 rings (SSSR count). The molecule has 0 N–H and O–H groups in total. The lowest BCUT2D eigenvalue weighted by atomic mass is 9.74. The van der Waals surface area contributed by atoms with Crippen LogP contribution in [0.4, 0.5) is 0 Å². The second-order valence-electron chi connectivity index (χ2n) is 7.56. The zero-order valence-corrected chi connectivity index (χ0v) is 19.4. The first-order chi connectivity index (χ1) is 14.5. The minimum Gasteiger partial charge on any atom is -0.465 e. The molecule has 0 spiro atoms. The summed E-state index contributed by atoms with van der Waals surface area (Å²) < 4.78 is 23.1. The molecular formula is C26H38O4. The van der Waals surface area contributed by atoms with Crippen LogP contribution in [0.1, 0.15) is 71.9 Å². The van der Waals surface area contributed by atoms with Crippen LogP contribution in [0.25, 0.3) is 0 Å². The number of ether oxygens (including phenoxy) is 4. The van der Waals surface area contributed by atoms with Crippen LogP contribution in [0.5, 0.6) is 11.5 Å². The molecule has 4 nitrogen and oxygen atoms in total. The topological polar surface area (TPSA) is 36.9 Å². The first-order valence-corrected chi connectivity index (χ1v) is 11.3. The summed E-state index contributed by atoms with van der Waals surface area (Å²) in [7, 11) is 0. The van der Waals surface area contributed by atoms with Crippen LogP contribution < -0.4 is 9.47 Å². The molecular weight excluding hydrogens is 376 g/mol. The van der Waals surface area contributed by atoms with E-state index in [1.165, 1.54) is 11.1 Å². The molecule has 0 radical (unpaired) electrons. The fourth-order valence-electron chi connectivity index (χ4n) is 3.52. The molecule has 30 heavy (non-hydrogen) atoms. The predicted molar refractivity (Wildman–Crippen MR) is 122 cm³/mol. The molecule has 2 aromatic rings. The van der Waals surface area contributed by atoms with Crippen molar-refractivity contribution in [2.24, 2.45) is 0 Å². The van der Waals surface area contributed by atoms with E-state index in [1.54, 1.807) is 0 Å². The van der Waals surface area contributed by atoms with Crippen LogP contribution in [0.15, 0.2) is 48.5 Å². The Labute approximate surface area is 182 Å². The van der Waals surface area contributed by atoms with Crippen LogP contribution in [-0.4, -0.2) is 25.8 Å². The molecule has 0 aromatic heterocycles. The summed E-state index contributed by atoms with van der Waals surface area (Å²) in [5.74, 6) is 1.67. The van der Waals surface area contributed by atoms with Crippen molar-refractivity contribution in [2.45, 2.75) is 78.8 Å². The summed E-state index contributed by atoms with van der Waals surface area (Å²) in [4.78, 5) is 0. The summed E-state index contributed by atoms with van der Waals surface area (Å²) in [5, 5.41) is 0. The lowest BCUT2D eigenvalue weighted by Gasteiger charge is -2.30. The van der Waals surface area contributed by atoms with Crippen LogP contribution in [-0.2, 0) is 14.9 Å². The minimum atomic E-state index is -0.199. The van der Waals surface area contributed by atoms with Gasteiger partial charge >= 0.3 is 0 Å². The van der Waals surface area contributed by atoms with Gasteiger partial charge in [0.1, 0.15) is 11.5 Å². The highest BCUT2D eigenvalue weighted by Gasteiger charge is 2.27. The molecule has 0 saturated heterocycles. The monoisotopic (exact) mass is 414 g/mol. The van der Waals surface area contributed by atoms with E-state index in [0.29, 0.717) is 13.2 Å². The summed E-state index contributed by atoms with van der Waals surface area (Å²) in [6, 6.07) is 16.8. The van der Waals surface area contributed by atoms with E-state index in [-0.39, 0.29) is 18.0 Å². The maximum Gasteiger partial charge on any atom is 0.199 e. The van der Waals surface area contributed by atoms with Gasteiger partial charge in [-0.25, -0.2) is 0 Å². The molecule has 4 heteroatoms. The van der Waals surface area contributed by atoms with Crippen molar-refractivity contribution in [3.05, 3.63) is 59.7 Å². The van der Waals surface area contributed by atoms with E-state index in [4.69, 9.17) is 18.9 Å². The van der Waals surface area contributed by atoms with Crippen molar-refractivity contribution in [1.29, 1.82) is 0 Å². The Hall–Kier alpha value is -2.04. The molecule has 0 bridgehead atoms. The standard InChI is InChI=1S/C26H38O4/c1-7-24(27-10-4)29-22-16-12-20(13-17-22)26(6,9-3)21-14-18-23(19-15-21)30-25(8-2)28-11-5/h12-19,24-25H,7-11H2,1-6H3. The minimum absolute atomic E-state index is 0.0921. The summed E-state index contributed by atoms with van der Waals surface area (Å²) in [5.41, 5.74) is 2.43. The molecule has 2 unspecified atom stereocenters. The molecule has 0 heterocycles. The molecule has 0 fully saturated rings. The SMILES string of the molecule is CCOC(CC)Oc1ccc(C(C)(CC)c2ccc(OC(CC)OCC)cc2)cc1. The van der Waals surface area contributed by atoms with E-state index in [2.05, 4.69) is 52.0 Å². The molecule has 2 atom stereocenters. The van der Waals surface area contributed by atoms with Gasteiger partial charge in [-0.05, 0) is 55.7 Å². The van der Waals surface area contributed by atoms with Gasteiger partial charge in [-0.2, -0.15) is 0 Å². The lowest BCUT2D eigenvalue weighted by molar-refractivity contribution is -0.0769. The number of hydrogen-bond acceptors (Lipinski definition) is 4. The van der Waals surface area contributed by atoms with Crippen molar-refractivity contribution in [3.8, 4) is 11.5 Å². The fraction of sp³-hybridized carbons (Fsp3) is 0.538. The van der Waals surface area contributed by atoms with E-state index in [9.17, 15) is 0 Å². The normalized spacial score (nSPS) is 15.3. The number of hydrogen-bond donors (Lipinski definition) is 0. The Morgan fingerprint density at radius 3 is 1.27 bits per heavy atom. The molecule has 166 valence electrons. The van der Waals surface area contributed by atoms with Crippen molar-refractivity contribution in [1.82, 2.24) is 0 Å². The van der Waals surface area contributed by atoms with Gasteiger partial charge in [0.25, 0.3) is 0 Å². The highest BCUT2D eigenvalue weighted by Crippen LogP contribution is 2.37. The van der Waals surface area contributed by atoms with Crippen LogP contribution in [0.3, 0.4) is 0 Å². The van der Waals surface area contributed by atoms with Crippen LogP contribution >= 0.6 is 0 Å². The van der Waals surface area contributed by atoms with Gasteiger partial charge in [0.15, 0.2) is 12.6 Å². The Morgan fingerprint density at radius 2 is 1.00 bits per heavy atom. The molecule has 0 aliphatic rings. The molecule has 0 aliphatic heterocycles. The maximum absolute atomic E-state index is 5.94. The average Bonchev–Trinajstić information content (AvgIpc) is 2.78. The van der Waals surface area contributed by atoms with Crippen LogP contribution in [0.2, 0.25) is 0 Å². The van der Waals surface area contributed by atoms with Gasteiger partial charge in [-0.15, -0.1) is 0 Å². The first kappa shape index (κ1) is 24.2. The number of benzene rings is 2. The lowest BCUT2D eigenvalue weighted by Crippen LogP contribution is -2.23. The molecule has 0 aliphatic carbocycles. The summed E-state index contributed by atoms with van der Waals surface area (Å²) >= 11 is 0. The average molecular weight is 415 g/mol. The predicted octanol–water partition coefficient (Wildman–Crippen LogP) is 6.71. The van der Waals surface area contributed by atoms with E-state index in [0.717, 1.165) is 30.8 Å². The second-order valence-corrected chi connectivity index (χ2v) is 7.56. The van der Waals surface area contributed by atoms with Crippen LogP contribution in [0, 0.1) is 0 Å². The van der Waals surface area contributed by atoms with Crippen molar-refractivity contribution in [3.63, 3.8) is 0 Å². The quantitative estimate of drug-likeness (QED) is 0.342. The third-order valence-electron chi connectivity index (χ3n) is 5.60. The maximum atomic E-state index is 5.94. The Balaban J connectivity index is 2.16. The third-order valence-corrected chi connectivity index (χ3v) is 5.60. The van der Waals surface area contributed by atoms with Crippen molar-refractivity contribution in [2.75, 3.05) is 13.2 Å². The van der Waals surface area contributed by atoms with E-state index < -0.39 is 0 Å². The van der Waals surface area contributed by atoms with Gasteiger partial charge in [-0.1, -0.05) is 52.0 Å². The Morgan fingerprint density at radius 1 is 0.633 bits per heavy atom. The van der Waals surface area contributed by atoms with Gasteiger partial charge in [0.2, 0.25) is 0 Å². The van der Waals surface area contributed by atoms with Gasteiger partial charge in [-0.3, -0.25) is 0 Å². The van der Waals surface area contributed by atoms with Crippen molar-refractivity contribution >= 4 is 0 Å². The van der Waals surface area contributed by atoms with Crippen molar-refractivity contribution < 1.29 is 18.9 Å². The highest BCUT2D eigenvalue weighted by atomic mass is 16.7. The zero-order chi connectivity index (χ0) is 22.0.